The number of hydrogen-bond acceptors (Lipinski definition) is 3. The highest BCUT2D eigenvalue weighted by molar-refractivity contribution is 5.53. The van der Waals surface area contributed by atoms with Gasteiger partial charge in [-0.05, 0) is 65.5 Å². The molecule has 0 unspecified atom stereocenters. The molecule has 3 heteroatoms. The molecule has 0 bridgehead atoms. The van der Waals surface area contributed by atoms with Crippen LogP contribution in [0.2, 0.25) is 0 Å². The van der Waals surface area contributed by atoms with Crippen molar-refractivity contribution in [2.45, 2.75) is 59.4 Å². The summed E-state index contributed by atoms with van der Waals surface area (Å²) in [5.74, 6) is 2.00. The highest BCUT2D eigenvalue weighted by Gasteiger charge is 2.33. The van der Waals surface area contributed by atoms with Crippen molar-refractivity contribution >= 4 is 0 Å². The van der Waals surface area contributed by atoms with E-state index in [1.807, 2.05) is 0 Å². The minimum atomic E-state index is 0.280. The Kier molecular flexibility index (Phi) is 9.01. The molecule has 0 atom stereocenters. The van der Waals surface area contributed by atoms with Crippen LogP contribution in [0.1, 0.15) is 70.5 Å². The highest BCUT2D eigenvalue weighted by Crippen LogP contribution is 2.45. The number of nitrogens with zero attached hydrogens (tertiary/aromatic N) is 2. The number of hydrogen-bond donors (Lipinski definition) is 0. The van der Waals surface area contributed by atoms with E-state index in [4.69, 9.17) is 4.74 Å². The molecule has 186 valence electrons. The van der Waals surface area contributed by atoms with Gasteiger partial charge >= 0.3 is 0 Å². The van der Waals surface area contributed by atoms with Crippen LogP contribution in [-0.2, 0) is 0 Å². The molecule has 3 nitrogen and oxygen atoms in total. The minimum absolute atomic E-state index is 0.280. The van der Waals surface area contributed by atoms with Gasteiger partial charge in [0, 0.05) is 43.9 Å². The van der Waals surface area contributed by atoms with E-state index in [1.54, 1.807) is 0 Å². The van der Waals surface area contributed by atoms with Crippen LogP contribution in [0.5, 0.6) is 11.5 Å². The van der Waals surface area contributed by atoms with Gasteiger partial charge in [-0.25, -0.2) is 0 Å². The molecule has 4 rings (SSSR count). The topological polar surface area (TPSA) is 15.7 Å². The summed E-state index contributed by atoms with van der Waals surface area (Å²) >= 11 is 0. The Morgan fingerprint density at radius 1 is 0.743 bits per heavy atom. The number of benzene rings is 2. The third kappa shape index (κ3) is 6.96. The molecule has 1 saturated heterocycles. The quantitative estimate of drug-likeness (QED) is 0.346. The minimum Gasteiger partial charge on any atom is -0.457 e. The first kappa shape index (κ1) is 25.5. The first-order valence-corrected chi connectivity index (χ1v) is 13.3. The molecule has 0 aromatic heterocycles. The largest absolute Gasteiger partial charge is 0.457 e. The molecule has 2 heterocycles. The molecule has 0 spiro atoms. The summed E-state index contributed by atoms with van der Waals surface area (Å²) in [4.78, 5) is 5.23. The normalized spacial score (nSPS) is 17.5. The number of para-hydroxylation sites is 2. The fourth-order valence-corrected chi connectivity index (χ4v) is 5.11. The summed E-state index contributed by atoms with van der Waals surface area (Å²) < 4.78 is 6.21. The zero-order valence-corrected chi connectivity index (χ0v) is 22.1. The van der Waals surface area contributed by atoms with Gasteiger partial charge in [0.15, 0.2) is 0 Å². The molecule has 35 heavy (non-hydrogen) atoms. The Balaban J connectivity index is 1.28. The molecular formula is C32H42N2O. The van der Waals surface area contributed by atoms with Crippen molar-refractivity contribution in [2.24, 2.45) is 0 Å². The smallest absolute Gasteiger partial charge is 0.132 e. The Morgan fingerprint density at radius 3 is 1.89 bits per heavy atom. The van der Waals surface area contributed by atoms with Gasteiger partial charge in [0.2, 0.25) is 0 Å². The summed E-state index contributed by atoms with van der Waals surface area (Å²) in [6.45, 7) is 14.3. The van der Waals surface area contributed by atoms with E-state index in [0.717, 1.165) is 63.5 Å². The Morgan fingerprint density at radius 2 is 1.29 bits per heavy atom. The lowest BCUT2D eigenvalue weighted by molar-refractivity contribution is 0.113. The van der Waals surface area contributed by atoms with Crippen molar-refractivity contribution in [3.8, 4) is 11.5 Å². The zero-order chi connectivity index (χ0) is 24.6. The second-order valence-electron chi connectivity index (χ2n) is 10.4. The Hall–Kier alpha value is -2.62. The van der Waals surface area contributed by atoms with Gasteiger partial charge in [0.05, 0.1) is 6.04 Å². The summed E-state index contributed by atoms with van der Waals surface area (Å²) in [6.07, 6.45) is 11.9. The fourth-order valence-electron chi connectivity index (χ4n) is 5.11. The average Bonchev–Trinajstić information content (AvgIpc) is 2.86. The SMILES string of the molecule is CC(C)=CCC/C(C)=C/CC/C(C)=C/CN1CCN(C2c3ccccc3Oc3ccccc32)CC1. The predicted octanol–water partition coefficient (Wildman–Crippen LogP) is 7.92. The van der Waals surface area contributed by atoms with Gasteiger partial charge in [-0.2, -0.15) is 0 Å². The maximum Gasteiger partial charge on any atom is 0.132 e. The van der Waals surface area contributed by atoms with Crippen molar-refractivity contribution in [3.05, 3.63) is 94.6 Å². The van der Waals surface area contributed by atoms with Crippen LogP contribution >= 0.6 is 0 Å². The van der Waals surface area contributed by atoms with Crippen LogP contribution in [-0.4, -0.2) is 42.5 Å². The number of ether oxygens (including phenoxy) is 1. The van der Waals surface area contributed by atoms with E-state index < -0.39 is 0 Å². The second-order valence-corrected chi connectivity index (χ2v) is 10.4. The summed E-state index contributed by atoms with van der Waals surface area (Å²) in [5, 5.41) is 0. The number of allylic oxidation sites excluding steroid dienone is 5. The molecule has 2 aliphatic rings. The van der Waals surface area contributed by atoms with Gasteiger partial charge in [-0.1, -0.05) is 71.3 Å². The molecular weight excluding hydrogens is 428 g/mol. The molecule has 2 aromatic carbocycles. The van der Waals surface area contributed by atoms with Crippen LogP contribution in [0.15, 0.2) is 83.5 Å². The zero-order valence-electron chi connectivity index (χ0n) is 22.1. The standard InChI is InChI=1S/C32H42N2O/c1-25(2)11-9-12-26(3)13-10-14-27(4)19-20-33-21-23-34(24-22-33)32-28-15-5-7-17-30(28)35-31-18-8-6-16-29(31)32/h5-8,11,13,15-19,32H,9-10,12,14,20-24H2,1-4H3/b26-13+,27-19+. The van der Waals surface area contributed by atoms with E-state index in [0.29, 0.717) is 0 Å². The summed E-state index contributed by atoms with van der Waals surface area (Å²) in [7, 11) is 0. The molecule has 2 aromatic rings. The van der Waals surface area contributed by atoms with Crippen LogP contribution < -0.4 is 4.74 Å². The first-order chi connectivity index (χ1) is 17.0. The van der Waals surface area contributed by atoms with Crippen molar-refractivity contribution in [2.75, 3.05) is 32.7 Å². The highest BCUT2D eigenvalue weighted by atomic mass is 16.5. The predicted molar refractivity (Wildman–Crippen MR) is 148 cm³/mol. The number of fused-ring (bicyclic) bond motifs is 2. The lowest BCUT2D eigenvalue weighted by atomic mass is 9.92. The van der Waals surface area contributed by atoms with Crippen molar-refractivity contribution in [1.82, 2.24) is 9.80 Å². The van der Waals surface area contributed by atoms with E-state index in [-0.39, 0.29) is 6.04 Å². The van der Waals surface area contributed by atoms with Crippen molar-refractivity contribution in [3.63, 3.8) is 0 Å². The Bertz CT molecular complexity index is 1020. The lowest BCUT2D eigenvalue weighted by Crippen LogP contribution is -2.48. The van der Waals surface area contributed by atoms with Gasteiger partial charge in [-0.15, -0.1) is 0 Å². The third-order valence-electron chi connectivity index (χ3n) is 7.24. The lowest BCUT2D eigenvalue weighted by Gasteiger charge is -2.41. The molecule has 1 fully saturated rings. The molecule has 0 amide bonds. The third-order valence-corrected chi connectivity index (χ3v) is 7.24. The summed E-state index contributed by atoms with van der Waals surface area (Å²) in [6, 6.07) is 17.3. The molecule has 2 aliphatic heterocycles. The van der Waals surface area contributed by atoms with Crippen LogP contribution in [0.4, 0.5) is 0 Å². The average molecular weight is 471 g/mol. The van der Waals surface area contributed by atoms with Gasteiger partial charge in [0.25, 0.3) is 0 Å². The first-order valence-electron chi connectivity index (χ1n) is 13.3. The maximum atomic E-state index is 6.21. The van der Waals surface area contributed by atoms with E-state index in [2.05, 4.69) is 104 Å². The second kappa shape index (κ2) is 12.4. The van der Waals surface area contributed by atoms with Crippen molar-refractivity contribution < 1.29 is 4.74 Å². The number of rotatable bonds is 9. The van der Waals surface area contributed by atoms with Crippen LogP contribution in [0.3, 0.4) is 0 Å². The van der Waals surface area contributed by atoms with E-state index in [9.17, 15) is 0 Å². The van der Waals surface area contributed by atoms with E-state index >= 15 is 0 Å². The molecule has 0 N–H and O–H groups in total. The maximum absolute atomic E-state index is 6.21. The molecule has 0 saturated carbocycles. The van der Waals surface area contributed by atoms with Gasteiger partial charge in [0.1, 0.15) is 11.5 Å². The molecule has 0 aliphatic carbocycles. The number of piperazine rings is 1. The molecule has 0 radical (unpaired) electrons. The van der Waals surface area contributed by atoms with Crippen LogP contribution in [0.25, 0.3) is 0 Å². The summed E-state index contributed by atoms with van der Waals surface area (Å²) in [5.41, 5.74) is 7.02. The fraction of sp³-hybridized carbons (Fsp3) is 0.438. The van der Waals surface area contributed by atoms with Gasteiger partial charge in [-0.3, -0.25) is 9.80 Å². The van der Waals surface area contributed by atoms with Crippen molar-refractivity contribution in [1.29, 1.82) is 0 Å². The Labute approximate surface area is 212 Å². The van der Waals surface area contributed by atoms with Crippen LogP contribution in [0, 0.1) is 0 Å². The van der Waals surface area contributed by atoms with Gasteiger partial charge < -0.3 is 4.74 Å². The monoisotopic (exact) mass is 470 g/mol. The van der Waals surface area contributed by atoms with E-state index in [1.165, 1.54) is 34.3 Å².